The SMILES string of the molecule is C=C(C)COc1ccc(C2(C)NC(=O)N(CC(=O)OCCOC)C2=O)cc1. The van der Waals surface area contributed by atoms with E-state index in [1.165, 1.54) is 7.11 Å². The van der Waals surface area contributed by atoms with Crippen LogP contribution in [-0.4, -0.2) is 56.3 Å². The number of methoxy groups -OCH3 is 1. The van der Waals surface area contributed by atoms with Crippen molar-refractivity contribution in [2.24, 2.45) is 0 Å². The third-order valence-electron chi connectivity index (χ3n) is 4.03. The maximum atomic E-state index is 12.8. The second-order valence-electron chi connectivity index (χ2n) is 6.43. The molecule has 8 nitrogen and oxygen atoms in total. The van der Waals surface area contributed by atoms with Crippen molar-refractivity contribution in [3.05, 3.63) is 42.0 Å². The number of nitrogens with zero attached hydrogens (tertiary/aromatic N) is 1. The van der Waals surface area contributed by atoms with Gasteiger partial charge in [0.15, 0.2) is 0 Å². The van der Waals surface area contributed by atoms with Gasteiger partial charge >= 0.3 is 12.0 Å². The maximum absolute atomic E-state index is 12.8. The minimum absolute atomic E-state index is 0.0574. The quantitative estimate of drug-likeness (QED) is 0.304. The molecular formula is C19H24N2O6. The molecule has 0 spiro atoms. The average molecular weight is 376 g/mol. The van der Waals surface area contributed by atoms with Gasteiger partial charge in [0.05, 0.1) is 6.61 Å². The third-order valence-corrected chi connectivity index (χ3v) is 4.03. The molecule has 1 aromatic rings. The monoisotopic (exact) mass is 376 g/mol. The Morgan fingerprint density at radius 1 is 1.22 bits per heavy atom. The summed E-state index contributed by atoms with van der Waals surface area (Å²) in [7, 11) is 1.48. The molecule has 0 aliphatic carbocycles. The highest BCUT2D eigenvalue weighted by molar-refractivity contribution is 6.08. The Labute approximate surface area is 158 Å². The second kappa shape index (κ2) is 8.68. The van der Waals surface area contributed by atoms with Crippen LogP contribution in [0.25, 0.3) is 0 Å². The summed E-state index contributed by atoms with van der Waals surface area (Å²) < 4.78 is 15.2. The number of carbonyl (C=O) groups is 3. The van der Waals surface area contributed by atoms with E-state index in [0.717, 1.165) is 10.5 Å². The smallest absolute Gasteiger partial charge is 0.326 e. The predicted octanol–water partition coefficient (Wildman–Crippen LogP) is 1.60. The van der Waals surface area contributed by atoms with Gasteiger partial charge in [0.2, 0.25) is 0 Å². The summed E-state index contributed by atoms with van der Waals surface area (Å²) in [6, 6.07) is 6.18. The first-order valence-electron chi connectivity index (χ1n) is 8.44. The number of hydrogen-bond donors (Lipinski definition) is 1. The van der Waals surface area contributed by atoms with Crippen molar-refractivity contribution in [2.45, 2.75) is 19.4 Å². The van der Waals surface area contributed by atoms with Crippen molar-refractivity contribution in [1.82, 2.24) is 10.2 Å². The molecule has 1 unspecified atom stereocenters. The summed E-state index contributed by atoms with van der Waals surface area (Å²) in [5, 5.41) is 2.64. The van der Waals surface area contributed by atoms with Crippen LogP contribution in [0.5, 0.6) is 5.75 Å². The Hall–Kier alpha value is -2.87. The van der Waals surface area contributed by atoms with E-state index < -0.39 is 30.0 Å². The highest BCUT2D eigenvalue weighted by Gasteiger charge is 2.49. The fraction of sp³-hybridized carbons (Fsp3) is 0.421. The van der Waals surface area contributed by atoms with Crippen molar-refractivity contribution in [3.63, 3.8) is 0 Å². The fourth-order valence-electron chi connectivity index (χ4n) is 2.54. The van der Waals surface area contributed by atoms with Crippen molar-refractivity contribution < 1.29 is 28.6 Å². The molecule has 0 bridgehead atoms. The molecule has 1 saturated heterocycles. The van der Waals surface area contributed by atoms with Crippen LogP contribution in [0.15, 0.2) is 36.4 Å². The van der Waals surface area contributed by atoms with E-state index in [1.807, 2.05) is 6.92 Å². The highest BCUT2D eigenvalue weighted by atomic mass is 16.6. The molecule has 1 fully saturated rings. The van der Waals surface area contributed by atoms with Crippen LogP contribution in [0.1, 0.15) is 19.4 Å². The zero-order valence-corrected chi connectivity index (χ0v) is 15.7. The van der Waals surface area contributed by atoms with Crippen LogP contribution in [-0.2, 0) is 24.6 Å². The van der Waals surface area contributed by atoms with Crippen LogP contribution >= 0.6 is 0 Å². The van der Waals surface area contributed by atoms with Crippen LogP contribution < -0.4 is 10.1 Å². The molecule has 1 aliphatic rings. The molecule has 1 aromatic carbocycles. The molecule has 0 aromatic heterocycles. The topological polar surface area (TPSA) is 94.2 Å². The molecule has 1 N–H and O–H groups in total. The van der Waals surface area contributed by atoms with Crippen molar-refractivity contribution in [1.29, 1.82) is 0 Å². The highest BCUT2D eigenvalue weighted by Crippen LogP contribution is 2.30. The lowest BCUT2D eigenvalue weighted by molar-refractivity contribution is -0.148. The number of benzene rings is 1. The number of rotatable bonds is 9. The van der Waals surface area contributed by atoms with Gasteiger partial charge in [-0.1, -0.05) is 18.7 Å². The number of ether oxygens (including phenoxy) is 3. The van der Waals surface area contributed by atoms with Gasteiger partial charge in [-0.25, -0.2) is 4.79 Å². The lowest BCUT2D eigenvalue weighted by atomic mass is 9.92. The van der Waals surface area contributed by atoms with Gasteiger partial charge in [0, 0.05) is 7.11 Å². The van der Waals surface area contributed by atoms with E-state index >= 15 is 0 Å². The Balaban J connectivity index is 2.06. The van der Waals surface area contributed by atoms with E-state index in [1.54, 1.807) is 31.2 Å². The van der Waals surface area contributed by atoms with Crippen molar-refractivity contribution in [3.8, 4) is 5.75 Å². The lowest BCUT2D eigenvalue weighted by Crippen LogP contribution is -2.41. The van der Waals surface area contributed by atoms with E-state index in [-0.39, 0.29) is 13.2 Å². The maximum Gasteiger partial charge on any atom is 0.326 e. The lowest BCUT2D eigenvalue weighted by Gasteiger charge is -2.22. The van der Waals surface area contributed by atoms with E-state index in [4.69, 9.17) is 14.2 Å². The van der Waals surface area contributed by atoms with Gasteiger partial charge < -0.3 is 19.5 Å². The minimum Gasteiger partial charge on any atom is -0.489 e. The number of nitrogens with one attached hydrogen (secondary N) is 1. The summed E-state index contributed by atoms with van der Waals surface area (Å²) in [5.41, 5.74) is 0.202. The largest absolute Gasteiger partial charge is 0.489 e. The summed E-state index contributed by atoms with van der Waals surface area (Å²) >= 11 is 0. The number of carbonyl (C=O) groups excluding carboxylic acids is 3. The van der Waals surface area contributed by atoms with E-state index in [0.29, 0.717) is 17.9 Å². The van der Waals surface area contributed by atoms with Gasteiger partial charge in [-0.05, 0) is 37.1 Å². The molecule has 1 heterocycles. The number of esters is 1. The van der Waals surface area contributed by atoms with Gasteiger partial charge in [-0.3, -0.25) is 14.5 Å². The molecule has 3 amide bonds. The van der Waals surface area contributed by atoms with E-state index in [2.05, 4.69) is 11.9 Å². The van der Waals surface area contributed by atoms with E-state index in [9.17, 15) is 14.4 Å². The molecule has 0 radical (unpaired) electrons. The zero-order chi connectivity index (χ0) is 20.0. The Morgan fingerprint density at radius 3 is 2.48 bits per heavy atom. The normalized spacial score (nSPS) is 19.0. The Kier molecular flexibility index (Phi) is 6.57. The van der Waals surface area contributed by atoms with Crippen LogP contribution in [0.4, 0.5) is 4.79 Å². The summed E-state index contributed by atoms with van der Waals surface area (Å²) in [4.78, 5) is 37.6. The van der Waals surface area contributed by atoms with Crippen molar-refractivity contribution in [2.75, 3.05) is 33.5 Å². The van der Waals surface area contributed by atoms with Crippen LogP contribution in [0.3, 0.4) is 0 Å². The second-order valence-corrected chi connectivity index (χ2v) is 6.43. The first-order chi connectivity index (χ1) is 12.8. The average Bonchev–Trinajstić information content (AvgIpc) is 2.84. The number of hydrogen-bond acceptors (Lipinski definition) is 6. The van der Waals surface area contributed by atoms with Crippen molar-refractivity contribution >= 4 is 17.9 Å². The number of urea groups is 1. The third kappa shape index (κ3) is 4.85. The van der Waals surface area contributed by atoms with Gasteiger partial charge in [-0.15, -0.1) is 0 Å². The standard InChI is InChI=1S/C19H24N2O6/c1-13(2)12-27-15-7-5-14(6-8-15)19(3)17(23)21(18(24)20-19)11-16(22)26-10-9-25-4/h5-8H,1,9-12H2,2-4H3,(H,20,24). The number of imide groups is 1. The molecule has 8 heteroatoms. The molecule has 1 aliphatic heterocycles. The molecule has 0 saturated carbocycles. The van der Waals surface area contributed by atoms with Gasteiger partial charge in [-0.2, -0.15) is 0 Å². The summed E-state index contributed by atoms with van der Waals surface area (Å²) in [6.45, 7) is 7.45. The summed E-state index contributed by atoms with van der Waals surface area (Å²) in [5.74, 6) is -0.573. The number of amides is 3. The Morgan fingerprint density at radius 2 is 1.89 bits per heavy atom. The summed E-state index contributed by atoms with van der Waals surface area (Å²) in [6.07, 6.45) is 0. The molecular weight excluding hydrogens is 352 g/mol. The van der Waals surface area contributed by atoms with Crippen LogP contribution in [0, 0.1) is 0 Å². The molecule has 27 heavy (non-hydrogen) atoms. The Bertz CT molecular complexity index is 730. The van der Waals surface area contributed by atoms with Gasteiger partial charge in [0.25, 0.3) is 5.91 Å². The minimum atomic E-state index is -1.27. The first kappa shape index (κ1) is 20.4. The zero-order valence-electron chi connectivity index (χ0n) is 15.7. The fourth-order valence-corrected chi connectivity index (χ4v) is 2.54. The predicted molar refractivity (Wildman–Crippen MR) is 97.2 cm³/mol. The molecule has 2 rings (SSSR count). The molecule has 1 atom stereocenters. The molecule has 146 valence electrons. The van der Waals surface area contributed by atoms with Crippen LogP contribution in [0.2, 0.25) is 0 Å². The van der Waals surface area contributed by atoms with Gasteiger partial charge in [0.1, 0.15) is 31.0 Å². The first-order valence-corrected chi connectivity index (χ1v) is 8.44.